The molecule has 2 atom stereocenters. The van der Waals surface area contributed by atoms with Gasteiger partial charge in [0.25, 0.3) is 0 Å². The number of guanidine groups is 1. The smallest absolute Gasteiger partial charge is 0.191 e. The molecule has 2 unspecified atom stereocenters. The van der Waals surface area contributed by atoms with E-state index in [0.29, 0.717) is 12.6 Å². The van der Waals surface area contributed by atoms with Crippen molar-refractivity contribution >= 4 is 5.96 Å². The van der Waals surface area contributed by atoms with Gasteiger partial charge in [-0.15, -0.1) is 0 Å². The average molecular weight is 375 g/mol. The number of hydrogen-bond acceptors (Lipinski definition) is 3. The second-order valence-corrected chi connectivity index (χ2v) is 7.60. The summed E-state index contributed by atoms with van der Waals surface area (Å²) < 4.78 is 0. The van der Waals surface area contributed by atoms with Gasteiger partial charge in [0.1, 0.15) is 5.60 Å². The summed E-state index contributed by atoms with van der Waals surface area (Å²) in [4.78, 5) is 7.17. The number of hydrogen-bond donors (Lipinski definition) is 3. The zero-order valence-corrected chi connectivity index (χ0v) is 17.6. The van der Waals surface area contributed by atoms with Gasteiger partial charge < -0.3 is 20.6 Å². The number of nitrogens with zero attached hydrogens (tertiary/aromatic N) is 2. The maximum absolute atomic E-state index is 11.1. The first kappa shape index (κ1) is 21.7. The third kappa shape index (κ3) is 6.22. The van der Waals surface area contributed by atoms with Crippen LogP contribution in [-0.4, -0.2) is 54.7 Å². The highest BCUT2D eigenvalue weighted by molar-refractivity contribution is 5.80. The molecule has 0 radical (unpaired) electrons. The van der Waals surface area contributed by atoms with Crippen molar-refractivity contribution in [2.45, 2.75) is 65.0 Å². The predicted octanol–water partition coefficient (Wildman–Crippen LogP) is 2.89. The van der Waals surface area contributed by atoms with E-state index in [4.69, 9.17) is 4.99 Å². The molecule has 27 heavy (non-hydrogen) atoms. The van der Waals surface area contributed by atoms with Crippen LogP contribution in [0.15, 0.2) is 29.3 Å². The Bertz CT molecular complexity index is 600. The molecule has 0 heterocycles. The summed E-state index contributed by atoms with van der Waals surface area (Å²) in [5.74, 6) is 0.797. The van der Waals surface area contributed by atoms with E-state index in [2.05, 4.69) is 49.3 Å². The third-order valence-electron chi connectivity index (χ3n) is 5.56. The summed E-state index contributed by atoms with van der Waals surface area (Å²) in [6, 6.07) is 8.54. The monoisotopic (exact) mass is 374 g/mol. The molecule has 1 aromatic carbocycles. The molecule has 1 aliphatic carbocycles. The van der Waals surface area contributed by atoms with Crippen molar-refractivity contribution in [3.63, 3.8) is 0 Å². The van der Waals surface area contributed by atoms with Crippen LogP contribution in [0.2, 0.25) is 0 Å². The van der Waals surface area contributed by atoms with Crippen LogP contribution in [0.5, 0.6) is 0 Å². The van der Waals surface area contributed by atoms with Gasteiger partial charge in [0.15, 0.2) is 5.96 Å². The summed E-state index contributed by atoms with van der Waals surface area (Å²) in [7, 11) is 0. The number of rotatable bonds is 10. The molecule has 0 bridgehead atoms. The SMILES string of the molecule is CCNC(=NCC1(O)CCc2ccccc21)NC(C)CCCN(CC)CC. The topological polar surface area (TPSA) is 59.9 Å². The number of aliphatic hydroxyl groups is 1. The lowest BCUT2D eigenvalue weighted by molar-refractivity contribution is 0.0485. The second-order valence-electron chi connectivity index (χ2n) is 7.60. The van der Waals surface area contributed by atoms with Crippen molar-refractivity contribution in [3.05, 3.63) is 35.4 Å². The first-order valence-corrected chi connectivity index (χ1v) is 10.6. The molecule has 0 saturated heterocycles. The molecular weight excluding hydrogens is 336 g/mol. The standard InChI is InChI=1S/C22H38N4O/c1-5-23-21(25-18(4)11-10-16-26(6-2)7-3)24-17-22(27)15-14-19-12-8-9-13-20(19)22/h8-9,12-13,18,27H,5-7,10-11,14-17H2,1-4H3,(H2,23,24,25). The number of benzene rings is 1. The normalized spacial score (nSPS) is 20.6. The molecule has 0 saturated carbocycles. The molecule has 3 N–H and O–H groups in total. The van der Waals surface area contributed by atoms with E-state index < -0.39 is 5.60 Å². The Kier molecular flexibility index (Phi) is 8.58. The first-order chi connectivity index (χ1) is 13.0. The van der Waals surface area contributed by atoms with Crippen molar-refractivity contribution in [3.8, 4) is 0 Å². The summed E-state index contributed by atoms with van der Waals surface area (Å²) in [5.41, 5.74) is 1.44. The fraction of sp³-hybridized carbons (Fsp3) is 0.682. The van der Waals surface area contributed by atoms with Gasteiger partial charge in [-0.05, 0) is 70.3 Å². The molecule has 1 aliphatic rings. The quantitative estimate of drug-likeness (QED) is 0.435. The Balaban J connectivity index is 1.90. The maximum Gasteiger partial charge on any atom is 0.191 e. The lowest BCUT2D eigenvalue weighted by Gasteiger charge is -2.24. The fourth-order valence-corrected chi connectivity index (χ4v) is 3.83. The van der Waals surface area contributed by atoms with Crippen molar-refractivity contribution in [2.24, 2.45) is 4.99 Å². The van der Waals surface area contributed by atoms with Gasteiger partial charge in [-0.2, -0.15) is 0 Å². The van der Waals surface area contributed by atoms with Gasteiger partial charge in [0, 0.05) is 12.6 Å². The highest BCUT2D eigenvalue weighted by atomic mass is 16.3. The van der Waals surface area contributed by atoms with Gasteiger partial charge in [-0.1, -0.05) is 38.1 Å². The first-order valence-electron chi connectivity index (χ1n) is 10.6. The molecule has 0 fully saturated rings. The van der Waals surface area contributed by atoms with Crippen LogP contribution in [0, 0.1) is 0 Å². The molecule has 1 aromatic rings. The van der Waals surface area contributed by atoms with Gasteiger partial charge in [-0.3, -0.25) is 0 Å². The molecular formula is C22H38N4O. The summed E-state index contributed by atoms with van der Waals surface area (Å²) in [5, 5.41) is 17.9. The van der Waals surface area contributed by atoms with E-state index in [0.717, 1.165) is 57.0 Å². The average Bonchev–Trinajstić information content (AvgIpc) is 3.01. The second kappa shape index (κ2) is 10.7. The molecule has 0 aliphatic heterocycles. The Hall–Kier alpha value is -1.59. The molecule has 0 amide bonds. The summed E-state index contributed by atoms with van der Waals surface area (Å²) >= 11 is 0. The Labute approximate surface area is 165 Å². The minimum absolute atomic E-state index is 0.351. The lowest BCUT2D eigenvalue weighted by atomic mass is 9.96. The molecule has 0 aromatic heterocycles. The summed E-state index contributed by atoms with van der Waals surface area (Å²) in [6.07, 6.45) is 3.95. The molecule has 5 heteroatoms. The van der Waals surface area contributed by atoms with Crippen LogP contribution < -0.4 is 10.6 Å². The Morgan fingerprint density at radius 3 is 2.70 bits per heavy atom. The zero-order chi connectivity index (χ0) is 19.7. The molecule has 0 spiro atoms. The summed E-state index contributed by atoms with van der Waals surface area (Å²) in [6.45, 7) is 13.3. The molecule has 152 valence electrons. The highest BCUT2D eigenvalue weighted by Crippen LogP contribution is 2.36. The highest BCUT2D eigenvalue weighted by Gasteiger charge is 2.36. The van der Waals surface area contributed by atoms with E-state index in [1.165, 1.54) is 12.0 Å². The van der Waals surface area contributed by atoms with E-state index in [1.807, 2.05) is 18.2 Å². The zero-order valence-electron chi connectivity index (χ0n) is 17.6. The fourth-order valence-electron chi connectivity index (χ4n) is 3.83. The van der Waals surface area contributed by atoms with Crippen LogP contribution >= 0.6 is 0 Å². The van der Waals surface area contributed by atoms with Gasteiger partial charge in [0.2, 0.25) is 0 Å². The van der Waals surface area contributed by atoms with Gasteiger partial charge >= 0.3 is 0 Å². The number of nitrogens with one attached hydrogen (secondary N) is 2. The van der Waals surface area contributed by atoms with E-state index >= 15 is 0 Å². The van der Waals surface area contributed by atoms with Crippen molar-refractivity contribution in [1.29, 1.82) is 0 Å². The number of aryl methyl sites for hydroxylation is 1. The Morgan fingerprint density at radius 1 is 1.26 bits per heavy atom. The molecule has 5 nitrogen and oxygen atoms in total. The third-order valence-corrected chi connectivity index (χ3v) is 5.56. The van der Waals surface area contributed by atoms with Crippen LogP contribution in [0.3, 0.4) is 0 Å². The van der Waals surface area contributed by atoms with Gasteiger partial charge in [-0.25, -0.2) is 4.99 Å². The molecule has 2 rings (SSSR count). The van der Waals surface area contributed by atoms with Crippen LogP contribution in [-0.2, 0) is 12.0 Å². The minimum Gasteiger partial charge on any atom is -0.383 e. The van der Waals surface area contributed by atoms with E-state index in [9.17, 15) is 5.11 Å². The largest absolute Gasteiger partial charge is 0.383 e. The van der Waals surface area contributed by atoms with E-state index in [-0.39, 0.29) is 0 Å². The lowest BCUT2D eigenvalue weighted by Crippen LogP contribution is -2.43. The van der Waals surface area contributed by atoms with Crippen LogP contribution in [0.25, 0.3) is 0 Å². The minimum atomic E-state index is -0.842. The van der Waals surface area contributed by atoms with Gasteiger partial charge in [0.05, 0.1) is 6.54 Å². The van der Waals surface area contributed by atoms with E-state index in [1.54, 1.807) is 0 Å². The number of fused-ring (bicyclic) bond motifs is 1. The maximum atomic E-state index is 11.1. The van der Waals surface area contributed by atoms with Crippen LogP contribution in [0.4, 0.5) is 0 Å². The predicted molar refractivity (Wildman–Crippen MR) is 114 cm³/mol. The number of aliphatic imine (C=N–C) groups is 1. The Morgan fingerprint density at radius 2 is 2.00 bits per heavy atom. The van der Waals surface area contributed by atoms with Crippen LogP contribution in [0.1, 0.15) is 58.1 Å². The van der Waals surface area contributed by atoms with Crippen molar-refractivity contribution in [2.75, 3.05) is 32.7 Å². The van der Waals surface area contributed by atoms with Crippen molar-refractivity contribution < 1.29 is 5.11 Å². The van der Waals surface area contributed by atoms with Crippen molar-refractivity contribution in [1.82, 2.24) is 15.5 Å².